The van der Waals surface area contributed by atoms with Crippen molar-refractivity contribution in [1.29, 1.82) is 0 Å². The van der Waals surface area contributed by atoms with Gasteiger partial charge in [0.25, 0.3) is 0 Å². The quantitative estimate of drug-likeness (QED) is 0.320. The van der Waals surface area contributed by atoms with Gasteiger partial charge in [-0.25, -0.2) is 19.3 Å². The largest absolute Gasteiger partial charge is 0.550 e. The van der Waals surface area contributed by atoms with Gasteiger partial charge in [-0.3, -0.25) is 9.80 Å². The second kappa shape index (κ2) is 13.3. The lowest BCUT2D eigenvalue weighted by molar-refractivity contribution is -0.306. The summed E-state index contributed by atoms with van der Waals surface area (Å²) in [7, 11) is 0. The van der Waals surface area contributed by atoms with Gasteiger partial charge >= 0.3 is 6.18 Å². The molecule has 2 fully saturated rings. The second-order valence-corrected chi connectivity index (χ2v) is 12.0. The van der Waals surface area contributed by atoms with Crippen molar-refractivity contribution in [1.82, 2.24) is 24.8 Å². The highest BCUT2D eigenvalue weighted by molar-refractivity contribution is 7.16. The third-order valence-electron chi connectivity index (χ3n) is 7.95. The lowest BCUT2D eigenvalue weighted by atomic mass is 10.1. The maximum absolute atomic E-state index is 15.8. The van der Waals surface area contributed by atoms with Gasteiger partial charge in [-0.15, -0.1) is 0 Å². The molecule has 10 nitrogen and oxygen atoms in total. The molecule has 0 amide bonds. The van der Waals surface area contributed by atoms with E-state index in [0.717, 1.165) is 49.2 Å². The molecule has 238 valence electrons. The number of hydrogen-bond acceptors (Lipinski definition) is 11. The number of aromatic nitrogens is 3. The van der Waals surface area contributed by atoms with E-state index in [1.54, 1.807) is 9.80 Å². The Labute approximate surface area is 254 Å². The monoisotopic (exact) mass is 640 g/mol. The van der Waals surface area contributed by atoms with Crippen molar-refractivity contribution < 1.29 is 37.0 Å². The molecular weight excluding hydrogens is 609 g/mol. The number of aliphatic carboxylic acids is 1. The maximum Gasteiger partial charge on any atom is 0.416 e. The molecule has 3 aromatic rings. The van der Waals surface area contributed by atoms with Crippen LogP contribution in [0.5, 0.6) is 0 Å². The van der Waals surface area contributed by atoms with Gasteiger partial charge in [0, 0.05) is 55.2 Å². The van der Waals surface area contributed by atoms with Crippen LogP contribution in [-0.2, 0) is 17.5 Å². The number of benzene rings is 1. The molecule has 0 saturated carbocycles. The van der Waals surface area contributed by atoms with E-state index >= 15 is 4.39 Å². The number of carbonyl (C=O) groups excluding carboxylic acids is 1. The highest BCUT2D eigenvalue weighted by atomic mass is 32.1. The van der Waals surface area contributed by atoms with Gasteiger partial charge in [0.05, 0.1) is 23.9 Å². The number of likely N-dealkylation sites (tertiary alicyclic amines) is 1. The van der Waals surface area contributed by atoms with Gasteiger partial charge in [-0.2, -0.15) is 17.6 Å². The zero-order valence-electron chi connectivity index (χ0n) is 23.8. The van der Waals surface area contributed by atoms with Crippen LogP contribution in [0.4, 0.5) is 38.7 Å². The minimum atomic E-state index is -4.76. The summed E-state index contributed by atoms with van der Waals surface area (Å²) >= 11 is 1.12. The zero-order valence-corrected chi connectivity index (χ0v) is 24.6. The van der Waals surface area contributed by atoms with Crippen molar-refractivity contribution >= 4 is 34.1 Å². The van der Waals surface area contributed by atoms with E-state index in [2.05, 4.69) is 32.1 Å². The van der Waals surface area contributed by atoms with E-state index < -0.39 is 35.4 Å². The maximum atomic E-state index is 15.8. The van der Waals surface area contributed by atoms with Gasteiger partial charge in [0.2, 0.25) is 5.82 Å². The Kier molecular flexibility index (Phi) is 9.62. The first-order valence-corrected chi connectivity index (χ1v) is 14.9. The van der Waals surface area contributed by atoms with Crippen LogP contribution in [-0.4, -0.2) is 87.2 Å². The van der Waals surface area contributed by atoms with Crippen LogP contribution in [0.15, 0.2) is 24.5 Å². The number of nitrogens with zero attached hydrogens (tertiary/aromatic N) is 6. The molecule has 2 saturated heterocycles. The number of carboxylic acid groups (broad SMARTS) is 1. The van der Waals surface area contributed by atoms with Crippen molar-refractivity contribution in [2.45, 2.75) is 51.0 Å². The number of thiazole rings is 1. The van der Waals surface area contributed by atoms with Crippen molar-refractivity contribution in [3.63, 3.8) is 0 Å². The fourth-order valence-electron chi connectivity index (χ4n) is 5.60. The number of nitrogens with one attached hydrogen (secondary N) is 1. The van der Waals surface area contributed by atoms with Crippen LogP contribution in [0.25, 0.3) is 11.3 Å². The van der Waals surface area contributed by atoms with Gasteiger partial charge in [0.1, 0.15) is 12.1 Å². The van der Waals surface area contributed by atoms with Gasteiger partial charge in [0.15, 0.2) is 16.8 Å². The van der Waals surface area contributed by atoms with Crippen LogP contribution in [0, 0.1) is 11.6 Å². The summed E-state index contributed by atoms with van der Waals surface area (Å²) in [6.45, 7) is 3.95. The minimum absolute atomic E-state index is 0.0386. The molecule has 0 unspecified atom stereocenters. The number of rotatable bonds is 10. The Morgan fingerprint density at radius 3 is 2.64 bits per heavy atom. The summed E-state index contributed by atoms with van der Waals surface area (Å²) in [5, 5.41) is 23.7. The number of hydrogen-bond donors (Lipinski definition) is 2. The number of carbonyl (C=O) groups is 1. The average molecular weight is 641 g/mol. The Balaban J connectivity index is 1.42. The fourth-order valence-corrected chi connectivity index (χ4v) is 6.61. The Morgan fingerprint density at radius 1 is 1.16 bits per heavy atom. The number of halogens is 5. The molecule has 16 heteroatoms. The summed E-state index contributed by atoms with van der Waals surface area (Å²) in [5.74, 6) is -3.31. The van der Waals surface area contributed by atoms with Gasteiger partial charge < -0.3 is 25.2 Å². The number of aliphatic hydroxyl groups is 1. The number of alkyl halides is 3. The van der Waals surface area contributed by atoms with E-state index in [-0.39, 0.29) is 60.2 Å². The topological polar surface area (TPSA) is 121 Å². The first-order valence-electron chi connectivity index (χ1n) is 14.1. The Hall–Kier alpha value is -3.47. The average Bonchev–Trinajstić information content (AvgIpc) is 3.57. The highest BCUT2D eigenvalue weighted by Gasteiger charge is 2.33. The first kappa shape index (κ1) is 31.9. The van der Waals surface area contributed by atoms with E-state index in [1.807, 2.05) is 0 Å². The SMILES string of the molecule is C[C@@H]1CCCN1Cc1sc(Nc2ncnc(N3CCN(CCC(=O)[O-])[C@@H](CO)C3)c2F)nc1-c1cc(F)cc(C(F)(F)F)c1. The minimum Gasteiger partial charge on any atom is -0.550 e. The fraction of sp³-hybridized carbons (Fsp3) is 0.500. The molecule has 2 aliphatic heterocycles. The zero-order chi connectivity index (χ0) is 31.6. The summed E-state index contributed by atoms with van der Waals surface area (Å²) in [6.07, 6.45) is -1.87. The summed E-state index contributed by atoms with van der Waals surface area (Å²) in [6, 6.07) is 2.06. The van der Waals surface area contributed by atoms with Crippen LogP contribution >= 0.6 is 11.3 Å². The lowest BCUT2D eigenvalue weighted by Gasteiger charge is -2.41. The molecule has 2 aliphatic rings. The Morgan fingerprint density at radius 2 is 1.95 bits per heavy atom. The molecule has 0 bridgehead atoms. The highest BCUT2D eigenvalue weighted by Crippen LogP contribution is 2.39. The van der Waals surface area contributed by atoms with Crippen LogP contribution < -0.4 is 15.3 Å². The predicted octanol–water partition coefficient (Wildman–Crippen LogP) is 3.25. The normalized spacial score (nSPS) is 19.9. The third kappa shape index (κ3) is 7.25. The van der Waals surface area contributed by atoms with E-state index in [0.29, 0.717) is 30.6 Å². The smallest absolute Gasteiger partial charge is 0.416 e. The molecule has 2 aromatic heterocycles. The molecule has 1 aromatic carbocycles. The van der Waals surface area contributed by atoms with Crippen molar-refractivity contribution in [3.05, 3.63) is 46.6 Å². The third-order valence-corrected chi connectivity index (χ3v) is 8.90. The van der Waals surface area contributed by atoms with E-state index in [1.165, 1.54) is 0 Å². The molecule has 4 heterocycles. The van der Waals surface area contributed by atoms with Crippen molar-refractivity contribution in [3.8, 4) is 11.3 Å². The molecule has 0 aliphatic carbocycles. The standard InChI is InChI=1S/C28H32F5N7O3S/c1-16-3-2-5-39(16)13-21-24(17-9-18(28(31,32)33)11-19(29)10-17)36-27(44-21)37-25-23(30)26(35-15-34-25)40-8-7-38(6-4-22(42)43)20(12-40)14-41/h9-11,15-16,20,41H,2-8,12-14H2,1H3,(H,42,43)(H,34,35,36,37)/p-1/t16-,20-/m1/s1. The van der Waals surface area contributed by atoms with E-state index in [9.17, 15) is 32.6 Å². The summed E-state index contributed by atoms with van der Waals surface area (Å²) in [4.78, 5) is 29.6. The predicted molar refractivity (Wildman–Crippen MR) is 151 cm³/mol. The summed E-state index contributed by atoms with van der Waals surface area (Å²) < 4.78 is 70.6. The van der Waals surface area contributed by atoms with Gasteiger partial charge in [-0.1, -0.05) is 11.3 Å². The first-order chi connectivity index (χ1) is 20.9. The van der Waals surface area contributed by atoms with Crippen LogP contribution in [0.2, 0.25) is 0 Å². The molecule has 0 radical (unpaired) electrons. The second-order valence-electron chi connectivity index (χ2n) is 10.9. The van der Waals surface area contributed by atoms with Gasteiger partial charge in [-0.05, 0) is 50.9 Å². The molecule has 5 rings (SSSR count). The van der Waals surface area contributed by atoms with Crippen LogP contribution in [0.1, 0.15) is 36.6 Å². The van der Waals surface area contributed by atoms with Crippen LogP contribution in [0.3, 0.4) is 0 Å². The number of piperazine rings is 1. The molecular formula is C28H31F5N7O3S-. The van der Waals surface area contributed by atoms with Crippen molar-refractivity contribution in [2.75, 3.05) is 49.5 Å². The van der Waals surface area contributed by atoms with E-state index in [4.69, 9.17) is 0 Å². The number of carboxylic acids is 1. The summed E-state index contributed by atoms with van der Waals surface area (Å²) in [5.41, 5.74) is -1.02. The Bertz CT molecular complexity index is 1490. The molecule has 2 atom stereocenters. The molecule has 44 heavy (non-hydrogen) atoms. The lowest BCUT2D eigenvalue weighted by Crippen LogP contribution is -2.55. The van der Waals surface area contributed by atoms with Crippen molar-refractivity contribution in [2.24, 2.45) is 0 Å². The number of aliphatic hydroxyl groups excluding tert-OH is 1. The molecule has 0 spiro atoms. The molecule has 2 N–H and O–H groups in total. The number of anilines is 3.